The Hall–Kier alpha value is -1.49. The molecule has 0 radical (unpaired) electrons. The number of aromatic nitrogens is 3. The molecular weight excluding hydrogens is 198 g/mol. The Morgan fingerprint density at radius 2 is 2.36 bits per heavy atom. The highest BCUT2D eigenvalue weighted by Crippen LogP contribution is 2.27. The summed E-state index contributed by atoms with van der Waals surface area (Å²) >= 11 is 1.38. The van der Waals surface area contributed by atoms with E-state index in [2.05, 4.69) is 10.1 Å². The maximum atomic E-state index is 10.5. The van der Waals surface area contributed by atoms with Gasteiger partial charge in [-0.2, -0.15) is 5.10 Å². The van der Waals surface area contributed by atoms with Gasteiger partial charge in [-0.25, -0.2) is 4.98 Å². The SMILES string of the molecule is Cc1nn(C)cc1-c1cnc(C=O)s1. The third-order valence-corrected chi connectivity index (χ3v) is 2.86. The number of carbonyl (C=O) groups is 1. The molecule has 0 fully saturated rings. The summed E-state index contributed by atoms with van der Waals surface area (Å²) in [7, 11) is 1.87. The molecule has 0 aromatic carbocycles. The van der Waals surface area contributed by atoms with Crippen LogP contribution in [0.1, 0.15) is 15.5 Å². The largest absolute Gasteiger partial charge is 0.295 e. The molecule has 2 heterocycles. The second-order valence-corrected chi connectivity index (χ2v) is 4.04. The van der Waals surface area contributed by atoms with Crippen molar-refractivity contribution in [2.75, 3.05) is 0 Å². The molecule has 4 nitrogen and oxygen atoms in total. The zero-order chi connectivity index (χ0) is 10.1. The molecule has 5 heteroatoms. The number of thiazole rings is 1. The van der Waals surface area contributed by atoms with Crippen molar-refractivity contribution < 1.29 is 4.79 Å². The van der Waals surface area contributed by atoms with Gasteiger partial charge in [0.2, 0.25) is 0 Å². The first-order valence-corrected chi connectivity index (χ1v) is 4.94. The van der Waals surface area contributed by atoms with Gasteiger partial charge in [0.25, 0.3) is 0 Å². The zero-order valence-corrected chi connectivity index (χ0v) is 8.71. The van der Waals surface area contributed by atoms with Gasteiger partial charge in [0.1, 0.15) is 0 Å². The van der Waals surface area contributed by atoms with E-state index in [4.69, 9.17) is 0 Å². The van der Waals surface area contributed by atoms with E-state index in [0.29, 0.717) is 5.01 Å². The highest BCUT2D eigenvalue weighted by molar-refractivity contribution is 7.16. The van der Waals surface area contributed by atoms with Crippen molar-refractivity contribution in [3.63, 3.8) is 0 Å². The van der Waals surface area contributed by atoms with Crippen LogP contribution in [0.25, 0.3) is 10.4 Å². The summed E-state index contributed by atoms with van der Waals surface area (Å²) in [4.78, 5) is 15.4. The molecule has 0 saturated heterocycles. The van der Waals surface area contributed by atoms with Gasteiger partial charge in [-0.15, -0.1) is 11.3 Å². The molecule has 0 aliphatic rings. The molecule has 0 spiro atoms. The van der Waals surface area contributed by atoms with Crippen molar-refractivity contribution in [3.8, 4) is 10.4 Å². The predicted molar refractivity (Wildman–Crippen MR) is 54.4 cm³/mol. The summed E-state index contributed by atoms with van der Waals surface area (Å²) < 4.78 is 1.75. The highest BCUT2D eigenvalue weighted by atomic mass is 32.1. The molecule has 0 saturated carbocycles. The number of hydrogen-bond acceptors (Lipinski definition) is 4. The van der Waals surface area contributed by atoms with Gasteiger partial charge >= 0.3 is 0 Å². The van der Waals surface area contributed by atoms with Gasteiger partial charge in [0.15, 0.2) is 11.3 Å². The molecule has 2 aromatic rings. The lowest BCUT2D eigenvalue weighted by atomic mass is 10.2. The van der Waals surface area contributed by atoms with Crippen LogP contribution >= 0.6 is 11.3 Å². The lowest BCUT2D eigenvalue weighted by Crippen LogP contribution is -1.86. The lowest BCUT2D eigenvalue weighted by Gasteiger charge is -1.89. The minimum Gasteiger partial charge on any atom is -0.295 e. The first kappa shape index (κ1) is 9.08. The van der Waals surface area contributed by atoms with Crippen molar-refractivity contribution >= 4 is 17.6 Å². The van der Waals surface area contributed by atoms with Gasteiger partial charge in [-0.05, 0) is 6.92 Å². The average Bonchev–Trinajstić information content (AvgIpc) is 2.71. The third kappa shape index (κ3) is 1.46. The molecule has 2 rings (SSSR count). The van der Waals surface area contributed by atoms with Gasteiger partial charge in [0, 0.05) is 25.0 Å². The number of rotatable bonds is 2. The summed E-state index contributed by atoms with van der Waals surface area (Å²) in [6, 6.07) is 0. The van der Waals surface area contributed by atoms with Crippen LogP contribution in [0.4, 0.5) is 0 Å². The molecular formula is C9H9N3OS. The van der Waals surface area contributed by atoms with Crippen molar-refractivity contribution in [2.24, 2.45) is 7.05 Å². The summed E-state index contributed by atoms with van der Waals surface area (Å²) in [6.45, 7) is 1.94. The predicted octanol–water partition coefficient (Wildman–Crippen LogP) is 1.66. The number of aryl methyl sites for hydroxylation is 2. The molecule has 0 aliphatic carbocycles. The Balaban J connectivity index is 2.48. The maximum Gasteiger partial charge on any atom is 0.178 e. The maximum absolute atomic E-state index is 10.5. The van der Waals surface area contributed by atoms with Crippen LogP contribution in [-0.4, -0.2) is 21.1 Å². The van der Waals surface area contributed by atoms with Gasteiger partial charge in [0.05, 0.1) is 10.6 Å². The van der Waals surface area contributed by atoms with Gasteiger partial charge in [-0.3, -0.25) is 9.48 Å². The van der Waals surface area contributed by atoms with Crippen LogP contribution in [0.3, 0.4) is 0 Å². The van der Waals surface area contributed by atoms with Crippen molar-refractivity contribution in [2.45, 2.75) is 6.92 Å². The number of nitrogens with zero attached hydrogens (tertiary/aromatic N) is 3. The van der Waals surface area contributed by atoms with Crippen LogP contribution in [0.5, 0.6) is 0 Å². The molecule has 0 amide bonds. The van der Waals surface area contributed by atoms with Gasteiger partial charge in [-0.1, -0.05) is 0 Å². The Labute approximate surface area is 85.2 Å². The van der Waals surface area contributed by atoms with E-state index in [9.17, 15) is 4.79 Å². The smallest absolute Gasteiger partial charge is 0.178 e. The number of aldehydes is 1. The first-order valence-electron chi connectivity index (χ1n) is 4.12. The fourth-order valence-electron chi connectivity index (χ4n) is 1.31. The van der Waals surface area contributed by atoms with Crippen molar-refractivity contribution in [1.82, 2.24) is 14.8 Å². The zero-order valence-electron chi connectivity index (χ0n) is 7.89. The molecule has 0 aliphatic heterocycles. The summed E-state index contributed by atoms with van der Waals surface area (Å²) in [5.41, 5.74) is 1.99. The Morgan fingerprint density at radius 1 is 1.57 bits per heavy atom. The minimum atomic E-state index is 0.503. The molecule has 0 atom stereocenters. The van der Waals surface area contributed by atoms with Crippen LogP contribution in [-0.2, 0) is 7.05 Å². The fourth-order valence-corrected chi connectivity index (χ4v) is 2.10. The van der Waals surface area contributed by atoms with E-state index in [1.807, 2.05) is 20.2 Å². The quantitative estimate of drug-likeness (QED) is 0.704. The molecule has 0 bridgehead atoms. The fraction of sp³-hybridized carbons (Fsp3) is 0.222. The van der Waals surface area contributed by atoms with E-state index >= 15 is 0 Å². The van der Waals surface area contributed by atoms with Crippen LogP contribution in [0.15, 0.2) is 12.4 Å². The topological polar surface area (TPSA) is 47.8 Å². The standard InChI is InChI=1S/C9H9N3OS/c1-6-7(4-12(2)11-6)8-3-10-9(5-13)14-8/h3-5H,1-2H3. The van der Waals surface area contributed by atoms with Crippen molar-refractivity contribution in [3.05, 3.63) is 23.1 Å². The summed E-state index contributed by atoms with van der Waals surface area (Å²) in [5.74, 6) is 0. The van der Waals surface area contributed by atoms with E-state index in [1.54, 1.807) is 10.9 Å². The highest BCUT2D eigenvalue weighted by Gasteiger charge is 2.09. The van der Waals surface area contributed by atoms with E-state index < -0.39 is 0 Å². The average molecular weight is 207 g/mol. The molecule has 72 valence electrons. The third-order valence-electron chi connectivity index (χ3n) is 1.90. The Morgan fingerprint density at radius 3 is 2.86 bits per heavy atom. The van der Waals surface area contributed by atoms with Crippen molar-refractivity contribution in [1.29, 1.82) is 0 Å². The molecule has 0 N–H and O–H groups in total. The normalized spacial score (nSPS) is 10.4. The monoisotopic (exact) mass is 207 g/mol. The Kier molecular flexibility index (Phi) is 2.17. The van der Waals surface area contributed by atoms with Crippen LogP contribution < -0.4 is 0 Å². The van der Waals surface area contributed by atoms with Crippen LogP contribution in [0, 0.1) is 6.92 Å². The summed E-state index contributed by atoms with van der Waals surface area (Å²) in [6.07, 6.45) is 4.40. The van der Waals surface area contributed by atoms with E-state index in [-0.39, 0.29) is 0 Å². The molecule has 14 heavy (non-hydrogen) atoms. The second kappa shape index (κ2) is 3.34. The molecule has 2 aromatic heterocycles. The van der Waals surface area contributed by atoms with Crippen LogP contribution in [0.2, 0.25) is 0 Å². The summed E-state index contributed by atoms with van der Waals surface area (Å²) in [5, 5.41) is 4.73. The Bertz CT molecular complexity index is 472. The second-order valence-electron chi connectivity index (χ2n) is 2.98. The molecule has 0 unspecified atom stereocenters. The lowest BCUT2D eigenvalue weighted by molar-refractivity contribution is 0.112. The number of carbonyl (C=O) groups excluding carboxylic acids is 1. The first-order chi connectivity index (χ1) is 6.70. The number of hydrogen-bond donors (Lipinski definition) is 0. The van der Waals surface area contributed by atoms with E-state index in [1.165, 1.54) is 11.3 Å². The van der Waals surface area contributed by atoms with Gasteiger partial charge < -0.3 is 0 Å². The van der Waals surface area contributed by atoms with E-state index in [0.717, 1.165) is 22.4 Å². The minimum absolute atomic E-state index is 0.503.